The van der Waals surface area contributed by atoms with Crippen LogP contribution in [0, 0.1) is 17.8 Å². The van der Waals surface area contributed by atoms with Gasteiger partial charge >= 0.3 is 0 Å². The van der Waals surface area contributed by atoms with Crippen molar-refractivity contribution >= 4 is 0 Å². The number of aliphatic hydroxyl groups is 6. The maximum Gasteiger partial charge on any atom is 0.110 e. The molecule has 0 aliphatic heterocycles. The molecule has 1 saturated carbocycles. The summed E-state index contributed by atoms with van der Waals surface area (Å²) < 4.78 is 0. The maximum absolute atomic E-state index is 9.71. The van der Waals surface area contributed by atoms with E-state index in [0.29, 0.717) is 11.8 Å². The zero-order chi connectivity index (χ0) is 16.6. The van der Waals surface area contributed by atoms with Gasteiger partial charge in [0, 0.05) is 0 Å². The van der Waals surface area contributed by atoms with Crippen molar-refractivity contribution in [3.05, 3.63) is 0 Å². The summed E-state index contributed by atoms with van der Waals surface area (Å²) in [6, 6.07) is 0. The first-order valence-corrected chi connectivity index (χ1v) is 7.68. The monoisotopic (exact) mass is 308 g/mol. The maximum atomic E-state index is 9.71. The molecule has 0 heterocycles. The Hall–Kier alpha value is -0.240. The summed E-state index contributed by atoms with van der Waals surface area (Å²) in [6.07, 6.45) is -0.777. The normalized spacial score (nSPS) is 30.3. The van der Waals surface area contributed by atoms with Crippen molar-refractivity contribution in [2.45, 2.75) is 64.4 Å². The van der Waals surface area contributed by atoms with Gasteiger partial charge in [-0.15, -0.1) is 0 Å². The van der Waals surface area contributed by atoms with Gasteiger partial charge < -0.3 is 30.6 Å². The van der Waals surface area contributed by atoms with Crippen molar-refractivity contribution in [1.29, 1.82) is 0 Å². The highest BCUT2D eigenvalue weighted by Gasteiger charge is 2.28. The first-order valence-electron chi connectivity index (χ1n) is 7.68. The Bertz CT molecular complexity index is 251. The molecule has 6 N–H and O–H groups in total. The molecular formula is C15H32O6. The quantitative estimate of drug-likeness (QED) is 0.407. The first kappa shape index (κ1) is 20.8. The van der Waals surface area contributed by atoms with Crippen molar-refractivity contribution in [3.8, 4) is 0 Å². The predicted octanol–water partition coefficient (Wildman–Crippen LogP) is -0.507. The highest BCUT2D eigenvalue weighted by atomic mass is 16.4. The molecule has 0 saturated heterocycles. The summed E-state index contributed by atoms with van der Waals surface area (Å²) in [5, 5.41) is 52.3. The van der Waals surface area contributed by atoms with E-state index >= 15 is 0 Å². The molecule has 0 bridgehead atoms. The summed E-state index contributed by atoms with van der Waals surface area (Å²) in [7, 11) is 0. The minimum absolute atomic E-state index is 0.0289. The van der Waals surface area contributed by atoms with Gasteiger partial charge in [-0.3, -0.25) is 0 Å². The van der Waals surface area contributed by atoms with Crippen molar-refractivity contribution in [3.63, 3.8) is 0 Å². The lowest BCUT2D eigenvalue weighted by molar-refractivity contribution is -0.0900. The van der Waals surface area contributed by atoms with Gasteiger partial charge in [0.15, 0.2) is 0 Å². The molecule has 0 radical (unpaired) electrons. The second kappa shape index (κ2) is 10.5. The van der Waals surface area contributed by atoms with Gasteiger partial charge in [-0.2, -0.15) is 0 Å². The van der Waals surface area contributed by atoms with Gasteiger partial charge in [-0.25, -0.2) is 0 Å². The minimum atomic E-state index is -1.49. The van der Waals surface area contributed by atoms with Gasteiger partial charge in [0.25, 0.3) is 0 Å². The summed E-state index contributed by atoms with van der Waals surface area (Å²) >= 11 is 0. The van der Waals surface area contributed by atoms with Crippen LogP contribution in [0.5, 0.6) is 0 Å². The molecule has 0 aromatic carbocycles. The molecule has 0 aromatic heterocycles. The lowest BCUT2D eigenvalue weighted by Gasteiger charge is -2.33. The highest BCUT2D eigenvalue weighted by molar-refractivity contribution is 4.79. The molecule has 21 heavy (non-hydrogen) atoms. The van der Waals surface area contributed by atoms with Gasteiger partial charge in [-0.1, -0.05) is 27.2 Å². The van der Waals surface area contributed by atoms with Crippen molar-refractivity contribution in [2.75, 3.05) is 13.2 Å². The van der Waals surface area contributed by atoms with Crippen LogP contribution in [-0.2, 0) is 0 Å². The topological polar surface area (TPSA) is 121 Å². The second-order valence-corrected chi connectivity index (χ2v) is 6.38. The molecule has 0 spiro atoms. The summed E-state index contributed by atoms with van der Waals surface area (Å²) in [4.78, 5) is 0. The van der Waals surface area contributed by atoms with Crippen LogP contribution in [0.15, 0.2) is 0 Å². The van der Waals surface area contributed by atoms with E-state index in [1.807, 2.05) is 0 Å². The molecule has 1 aliphatic carbocycles. The Morgan fingerprint density at radius 1 is 0.952 bits per heavy atom. The molecule has 4 unspecified atom stereocenters. The molecule has 1 rings (SSSR count). The van der Waals surface area contributed by atoms with E-state index in [9.17, 15) is 5.11 Å². The fraction of sp³-hybridized carbons (Fsp3) is 1.00. The fourth-order valence-electron chi connectivity index (χ4n) is 2.62. The molecule has 0 aromatic rings. The van der Waals surface area contributed by atoms with Crippen LogP contribution in [-0.4, -0.2) is 68.3 Å². The average Bonchev–Trinajstić information content (AvgIpc) is 2.44. The third-order valence-electron chi connectivity index (χ3n) is 4.15. The van der Waals surface area contributed by atoms with Gasteiger partial charge in [-0.05, 0) is 30.6 Å². The largest absolute Gasteiger partial charge is 0.394 e. The van der Waals surface area contributed by atoms with E-state index in [-0.39, 0.29) is 6.10 Å². The van der Waals surface area contributed by atoms with Crippen LogP contribution < -0.4 is 0 Å². The van der Waals surface area contributed by atoms with Crippen LogP contribution in [0.3, 0.4) is 0 Å². The predicted molar refractivity (Wildman–Crippen MR) is 79.5 cm³/mol. The van der Waals surface area contributed by atoms with E-state index in [2.05, 4.69) is 20.8 Å². The standard InChI is InChI=1S/C10H20O.C5H12O5/c1-7(2)9-5-4-8(3)6-10(9)11;6-1-3(8)5(10)4(9)2-7/h7-11H,4-6H2,1-3H3;3-10H,1-2H2/t;3-,4+,5?. The number of rotatable bonds is 5. The van der Waals surface area contributed by atoms with E-state index in [4.69, 9.17) is 25.5 Å². The van der Waals surface area contributed by atoms with Crippen molar-refractivity contribution < 1.29 is 30.6 Å². The van der Waals surface area contributed by atoms with Crippen molar-refractivity contribution in [2.24, 2.45) is 17.8 Å². The van der Waals surface area contributed by atoms with Crippen LogP contribution in [0.4, 0.5) is 0 Å². The minimum Gasteiger partial charge on any atom is -0.394 e. The highest BCUT2D eigenvalue weighted by Crippen LogP contribution is 2.33. The number of hydrogen-bond acceptors (Lipinski definition) is 6. The second-order valence-electron chi connectivity index (χ2n) is 6.38. The van der Waals surface area contributed by atoms with Crippen LogP contribution >= 0.6 is 0 Å². The number of aliphatic hydroxyl groups excluding tert-OH is 6. The Balaban J connectivity index is 0.000000384. The lowest BCUT2D eigenvalue weighted by atomic mass is 9.75. The fourth-order valence-corrected chi connectivity index (χ4v) is 2.62. The summed E-state index contributed by atoms with van der Waals surface area (Å²) in [5.41, 5.74) is 0. The first-order chi connectivity index (χ1) is 9.74. The third-order valence-corrected chi connectivity index (χ3v) is 4.15. The Labute approximate surface area is 127 Å². The molecular weight excluding hydrogens is 276 g/mol. The van der Waals surface area contributed by atoms with Crippen LogP contribution in [0.1, 0.15) is 40.0 Å². The third kappa shape index (κ3) is 7.54. The van der Waals surface area contributed by atoms with E-state index in [1.54, 1.807) is 0 Å². The summed E-state index contributed by atoms with van der Waals surface area (Å²) in [6.45, 7) is 5.38. The van der Waals surface area contributed by atoms with E-state index < -0.39 is 31.5 Å². The Morgan fingerprint density at radius 2 is 1.43 bits per heavy atom. The van der Waals surface area contributed by atoms with Gasteiger partial charge in [0.2, 0.25) is 0 Å². The molecule has 6 heteroatoms. The summed E-state index contributed by atoms with van der Waals surface area (Å²) in [5.74, 6) is 1.95. The lowest BCUT2D eigenvalue weighted by Crippen LogP contribution is -2.41. The number of hydrogen-bond donors (Lipinski definition) is 6. The van der Waals surface area contributed by atoms with Crippen molar-refractivity contribution in [1.82, 2.24) is 0 Å². The van der Waals surface area contributed by atoms with Crippen LogP contribution in [0.25, 0.3) is 0 Å². The Kier molecular flexibility index (Phi) is 10.4. The zero-order valence-corrected chi connectivity index (χ0v) is 13.3. The molecule has 6 nitrogen and oxygen atoms in total. The van der Waals surface area contributed by atoms with E-state index in [1.165, 1.54) is 12.8 Å². The zero-order valence-electron chi connectivity index (χ0n) is 13.3. The van der Waals surface area contributed by atoms with E-state index in [0.717, 1.165) is 12.3 Å². The molecule has 1 aliphatic rings. The molecule has 0 amide bonds. The van der Waals surface area contributed by atoms with Crippen LogP contribution in [0.2, 0.25) is 0 Å². The smallest absolute Gasteiger partial charge is 0.110 e. The van der Waals surface area contributed by atoms with Gasteiger partial charge in [0.05, 0.1) is 19.3 Å². The molecule has 1 fully saturated rings. The average molecular weight is 308 g/mol. The molecule has 128 valence electrons. The Morgan fingerprint density at radius 3 is 1.76 bits per heavy atom. The molecule has 6 atom stereocenters. The SMILES string of the molecule is CC1CCC(C(C)C)C(O)C1.OC[C@@H](O)C(O)[C@@H](O)CO. The van der Waals surface area contributed by atoms with Gasteiger partial charge in [0.1, 0.15) is 18.3 Å².